The van der Waals surface area contributed by atoms with E-state index >= 15 is 0 Å². The number of nitrogens with zero attached hydrogens (tertiary/aromatic N) is 1. The first-order valence-electron chi connectivity index (χ1n) is 11.5. The second kappa shape index (κ2) is 12.8. The Morgan fingerprint density at radius 1 is 1.03 bits per heavy atom. The molecule has 0 unspecified atom stereocenters. The number of ether oxygens (including phenoxy) is 1. The molecule has 1 atom stereocenters. The lowest BCUT2D eigenvalue weighted by Crippen LogP contribution is -2.52. The molecule has 0 radical (unpaired) electrons. The number of hydrogen-bond acceptors (Lipinski definition) is 3. The van der Waals surface area contributed by atoms with Crippen molar-refractivity contribution < 1.29 is 14.3 Å². The standard InChI is InChI=1S/C28H30BrClN2O3/c1-19(2)31-28(34)25(15-21-10-5-4-6-11-21)32(17-22-12-8-7-9-20(22)3)27(33)18-35-26-14-13-23(30)16-24(26)29/h4-14,16,19,25H,15,17-18H2,1-3H3,(H,31,34)/t25-/m0/s1. The maximum atomic E-state index is 13.6. The van der Waals surface area contributed by atoms with E-state index in [-0.39, 0.29) is 24.5 Å². The van der Waals surface area contributed by atoms with Crippen LogP contribution in [0.3, 0.4) is 0 Å². The zero-order valence-electron chi connectivity index (χ0n) is 20.1. The van der Waals surface area contributed by atoms with Crippen LogP contribution in [0, 0.1) is 6.92 Å². The summed E-state index contributed by atoms with van der Waals surface area (Å²) >= 11 is 9.45. The molecule has 0 saturated heterocycles. The minimum Gasteiger partial charge on any atom is -0.483 e. The number of carbonyl (C=O) groups excluding carboxylic acids is 2. The molecule has 7 heteroatoms. The summed E-state index contributed by atoms with van der Waals surface area (Å²) in [6, 6.07) is 22.0. The quantitative estimate of drug-likeness (QED) is 0.335. The molecule has 1 N–H and O–H groups in total. The highest BCUT2D eigenvalue weighted by molar-refractivity contribution is 9.10. The molecule has 3 aromatic rings. The van der Waals surface area contributed by atoms with Gasteiger partial charge in [-0.2, -0.15) is 0 Å². The topological polar surface area (TPSA) is 58.6 Å². The molecule has 0 bridgehead atoms. The molecule has 0 fully saturated rings. The molecule has 0 heterocycles. The van der Waals surface area contributed by atoms with Gasteiger partial charge in [-0.1, -0.05) is 66.2 Å². The molecule has 0 aliphatic rings. The largest absolute Gasteiger partial charge is 0.483 e. The van der Waals surface area contributed by atoms with E-state index in [0.29, 0.717) is 28.2 Å². The van der Waals surface area contributed by atoms with Crippen molar-refractivity contribution in [1.29, 1.82) is 0 Å². The smallest absolute Gasteiger partial charge is 0.261 e. The van der Waals surface area contributed by atoms with E-state index < -0.39 is 6.04 Å². The zero-order valence-corrected chi connectivity index (χ0v) is 22.5. The van der Waals surface area contributed by atoms with Crippen LogP contribution in [0.4, 0.5) is 0 Å². The molecule has 0 aliphatic heterocycles. The number of rotatable bonds is 10. The van der Waals surface area contributed by atoms with E-state index in [1.54, 1.807) is 23.1 Å². The van der Waals surface area contributed by atoms with Crippen molar-refractivity contribution in [2.24, 2.45) is 0 Å². The molecule has 0 spiro atoms. The van der Waals surface area contributed by atoms with Crippen LogP contribution in [0.1, 0.15) is 30.5 Å². The SMILES string of the molecule is Cc1ccccc1CN(C(=O)COc1ccc(Cl)cc1Br)[C@@H](Cc1ccccc1)C(=O)NC(C)C. The molecule has 184 valence electrons. The van der Waals surface area contributed by atoms with Gasteiger partial charge in [0.2, 0.25) is 5.91 Å². The average Bonchev–Trinajstić information content (AvgIpc) is 2.82. The lowest BCUT2D eigenvalue weighted by Gasteiger charge is -2.32. The second-order valence-corrected chi connectivity index (χ2v) is 9.97. The predicted octanol–water partition coefficient (Wildman–Crippen LogP) is 5.95. The first-order chi connectivity index (χ1) is 16.7. The minimum absolute atomic E-state index is 0.0579. The number of halogens is 2. The third-order valence-corrected chi connectivity index (χ3v) is 6.40. The third kappa shape index (κ3) is 7.84. The van der Waals surface area contributed by atoms with Crippen LogP contribution in [0.2, 0.25) is 5.02 Å². The Bertz CT molecular complexity index is 1150. The normalized spacial score (nSPS) is 11.7. The second-order valence-electron chi connectivity index (χ2n) is 8.68. The van der Waals surface area contributed by atoms with Crippen molar-refractivity contribution >= 4 is 39.3 Å². The third-order valence-electron chi connectivity index (χ3n) is 5.55. The van der Waals surface area contributed by atoms with Gasteiger partial charge in [-0.25, -0.2) is 0 Å². The van der Waals surface area contributed by atoms with Gasteiger partial charge in [0.15, 0.2) is 6.61 Å². The maximum Gasteiger partial charge on any atom is 0.261 e. The summed E-state index contributed by atoms with van der Waals surface area (Å²) in [6.45, 7) is 5.89. The van der Waals surface area contributed by atoms with Gasteiger partial charge >= 0.3 is 0 Å². The molecule has 5 nitrogen and oxygen atoms in total. The van der Waals surface area contributed by atoms with Gasteiger partial charge in [0.25, 0.3) is 5.91 Å². The monoisotopic (exact) mass is 556 g/mol. The van der Waals surface area contributed by atoms with Gasteiger partial charge in [-0.15, -0.1) is 0 Å². The van der Waals surface area contributed by atoms with Gasteiger partial charge < -0.3 is 15.0 Å². The number of hydrogen-bond donors (Lipinski definition) is 1. The van der Waals surface area contributed by atoms with Crippen LogP contribution >= 0.6 is 27.5 Å². The molecule has 2 amide bonds. The van der Waals surface area contributed by atoms with Gasteiger partial charge in [0.05, 0.1) is 4.47 Å². The van der Waals surface area contributed by atoms with Crippen LogP contribution < -0.4 is 10.1 Å². The molecular formula is C28H30BrClN2O3. The van der Waals surface area contributed by atoms with Crippen LogP contribution in [-0.4, -0.2) is 35.4 Å². The maximum absolute atomic E-state index is 13.6. The van der Waals surface area contributed by atoms with E-state index in [2.05, 4.69) is 21.2 Å². The highest BCUT2D eigenvalue weighted by Gasteiger charge is 2.31. The summed E-state index contributed by atoms with van der Waals surface area (Å²) in [5.74, 6) is 0.0261. The highest BCUT2D eigenvalue weighted by Crippen LogP contribution is 2.28. The Morgan fingerprint density at radius 2 is 1.71 bits per heavy atom. The molecule has 0 aliphatic carbocycles. The Labute approximate surface area is 220 Å². The summed E-state index contributed by atoms with van der Waals surface area (Å²) in [4.78, 5) is 28.6. The molecule has 3 rings (SSSR count). The average molecular weight is 558 g/mol. The fraction of sp³-hybridized carbons (Fsp3) is 0.286. The predicted molar refractivity (Wildman–Crippen MR) is 144 cm³/mol. The minimum atomic E-state index is -0.704. The van der Waals surface area contributed by atoms with Crippen molar-refractivity contribution in [2.45, 2.75) is 45.8 Å². The van der Waals surface area contributed by atoms with Crippen molar-refractivity contribution in [2.75, 3.05) is 6.61 Å². The first kappa shape index (κ1) is 26.8. The van der Waals surface area contributed by atoms with Crippen LogP contribution in [0.5, 0.6) is 5.75 Å². The Morgan fingerprint density at radius 3 is 2.37 bits per heavy atom. The van der Waals surface area contributed by atoms with E-state index in [4.69, 9.17) is 16.3 Å². The number of nitrogens with one attached hydrogen (secondary N) is 1. The Hall–Kier alpha value is -2.83. The van der Waals surface area contributed by atoms with Crippen LogP contribution in [-0.2, 0) is 22.6 Å². The fourth-order valence-corrected chi connectivity index (χ4v) is 4.52. The first-order valence-corrected chi connectivity index (χ1v) is 12.7. The van der Waals surface area contributed by atoms with E-state index in [1.807, 2.05) is 75.4 Å². The highest BCUT2D eigenvalue weighted by atomic mass is 79.9. The number of aryl methyl sites for hydroxylation is 1. The zero-order chi connectivity index (χ0) is 25.4. The van der Waals surface area contributed by atoms with Crippen LogP contribution in [0.25, 0.3) is 0 Å². The summed E-state index contributed by atoms with van der Waals surface area (Å²) < 4.78 is 6.49. The molecule has 3 aromatic carbocycles. The summed E-state index contributed by atoms with van der Waals surface area (Å²) in [7, 11) is 0. The summed E-state index contributed by atoms with van der Waals surface area (Å²) in [5.41, 5.74) is 3.00. The molecule has 35 heavy (non-hydrogen) atoms. The van der Waals surface area contributed by atoms with Gasteiger partial charge in [0, 0.05) is 24.0 Å². The number of amides is 2. The molecule has 0 aromatic heterocycles. The lowest BCUT2D eigenvalue weighted by atomic mass is 10.0. The van der Waals surface area contributed by atoms with Gasteiger partial charge in [-0.3, -0.25) is 9.59 Å². The fourth-order valence-electron chi connectivity index (χ4n) is 3.72. The van der Waals surface area contributed by atoms with Crippen molar-refractivity contribution in [1.82, 2.24) is 10.2 Å². The van der Waals surface area contributed by atoms with E-state index in [0.717, 1.165) is 16.7 Å². The van der Waals surface area contributed by atoms with Crippen LogP contribution in [0.15, 0.2) is 77.3 Å². The number of benzene rings is 3. The Kier molecular flexibility index (Phi) is 9.75. The van der Waals surface area contributed by atoms with E-state index in [1.165, 1.54) is 0 Å². The van der Waals surface area contributed by atoms with Crippen molar-refractivity contribution in [3.05, 3.63) is 99.0 Å². The van der Waals surface area contributed by atoms with Gasteiger partial charge in [0.1, 0.15) is 11.8 Å². The summed E-state index contributed by atoms with van der Waals surface area (Å²) in [5, 5.41) is 3.55. The van der Waals surface area contributed by atoms with Gasteiger partial charge in [-0.05, 0) is 71.6 Å². The van der Waals surface area contributed by atoms with Crippen molar-refractivity contribution in [3.8, 4) is 5.75 Å². The lowest BCUT2D eigenvalue weighted by molar-refractivity contribution is -0.143. The molecular weight excluding hydrogens is 528 g/mol. The van der Waals surface area contributed by atoms with Crippen molar-refractivity contribution in [3.63, 3.8) is 0 Å². The summed E-state index contributed by atoms with van der Waals surface area (Å²) in [6.07, 6.45) is 0.391. The molecule has 0 saturated carbocycles. The van der Waals surface area contributed by atoms with E-state index in [9.17, 15) is 9.59 Å². The Balaban J connectivity index is 1.93. The number of carbonyl (C=O) groups is 2.